The smallest absolute Gasteiger partial charge is 0.166 e. The number of para-hydroxylation sites is 1. The number of nitrogens with one attached hydrogen (secondary N) is 1. The van der Waals surface area contributed by atoms with Crippen molar-refractivity contribution < 1.29 is 19.7 Å². The number of aromatic hydroxyl groups is 1. The van der Waals surface area contributed by atoms with Gasteiger partial charge in [0.05, 0.1) is 5.56 Å². The second-order valence-corrected chi connectivity index (χ2v) is 6.25. The summed E-state index contributed by atoms with van der Waals surface area (Å²) in [5.41, 5.74) is 1.52. The van der Waals surface area contributed by atoms with Crippen molar-refractivity contribution in [2.45, 2.75) is 32.3 Å². The van der Waals surface area contributed by atoms with Gasteiger partial charge in [0.25, 0.3) is 0 Å². The monoisotopic (exact) mass is 393 g/mol. The molecule has 0 aliphatic heterocycles. The quantitative estimate of drug-likeness (QED) is 0.403. The summed E-state index contributed by atoms with van der Waals surface area (Å²) in [6, 6.07) is 14.0. The largest absolute Gasteiger partial charge is 0.508 e. The first-order chi connectivity index (χ1) is 12.6. The number of hydrogen-bond acceptors (Lipinski definition) is 5. The molecule has 0 radical (unpaired) electrons. The van der Waals surface area contributed by atoms with E-state index in [2.05, 4.69) is 12.2 Å². The highest BCUT2D eigenvalue weighted by Crippen LogP contribution is 2.21. The first-order valence-electron chi connectivity index (χ1n) is 9.02. The van der Waals surface area contributed by atoms with E-state index >= 15 is 0 Å². The number of ether oxygens (including phenoxy) is 1. The van der Waals surface area contributed by atoms with E-state index in [9.17, 15) is 15.0 Å². The van der Waals surface area contributed by atoms with E-state index < -0.39 is 6.10 Å². The number of aliphatic hydroxyl groups excluding tert-OH is 1. The molecule has 1 atom stereocenters. The summed E-state index contributed by atoms with van der Waals surface area (Å²) in [7, 11) is 0. The first-order valence-corrected chi connectivity index (χ1v) is 9.02. The molecule has 0 spiro atoms. The molecule has 0 aliphatic carbocycles. The molecule has 0 saturated heterocycles. The van der Waals surface area contributed by atoms with Crippen LogP contribution in [0.25, 0.3) is 0 Å². The zero-order chi connectivity index (χ0) is 18.8. The highest BCUT2D eigenvalue weighted by Gasteiger charge is 2.13. The Balaban J connectivity index is 0.00000364. The molecule has 2 rings (SSSR count). The molecular weight excluding hydrogens is 366 g/mol. The molecule has 0 amide bonds. The van der Waals surface area contributed by atoms with Crippen molar-refractivity contribution in [3.05, 3.63) is 59.7 Å². The van der Waals surface area contributed by atoms with Crippen molar-refractivity contribution in [2.75, 3.05) is 19.7 Å². The van der Waals surface area contributed by atoms with Gasteiger partial charge in [0.1, 0.15) is 24.2 Å². The summed E-state index contributed by atoms with van der Waals surface area (Å²) in [5.74, 6) is 0.704. The van der Waals surface area contributed by atoms with Crippen molar-refractivity contribution in [3.8, 4) is 11.5 Å². The number of phenolic OH excluding ortho intramolecular Hbond substituents is 1. The molecule has 0 fully saturated rings. The average molecular weight is 394 g/mol. The number of ketones is 1. The van der Waals surface area contributed by atoms with Gasteiger partial charge in [-0.1, -0.05) is 31.2 Å². The van der Waals surface area contributed by atoms with E-state index in [0.29, 0.717) is 30.7 Å². The second kappa shape index (κ2) is 12.3. The van der Waals surface area contributed by atoms with Gasteiger partial charge < -0.3 is 20.3 Å². The minimum Gasteiger partial charge on any atom is -0.508 e. The van der Waals surface area contributed by atoms with Crippen LogP contribution in [0.2, 0.25) is 0 Å². The number of phenols is 1. The normalized spacial score (nSPS) is 11.5. The van der Waals surface area contributed by atoms with Crippen molar-refractivity contribution in [1.82, 2.24) is 5.32 Å². The third kappa shape index (κ3) is 7.99. The topological polar surface area (TPSA) is 78.8 Å². The Morgan fingerprint density at radius 3 is 2.56 bits per heavy atom. The van der Waals surface area contributed by atoms with Crippen LogP contribution in [0.5, 0.6) is 11.5 Å². The standard InChI is InChI=1S/C21H27NO4.ClH/c1-2-13-22-14-18(24)15-26-21-6-4-3-5-19(21)20(25)12-9-16-7-10-17(23)11-8-16;/h3-8,10-11,18,22-24H,2,9,12-15H2,1H3;1H. The Kier molecular flexibility index (Phi) is 10.5. The van der Waals surface area contributed by atoms with E-state index in [1.54, 1.807) is 30.3 Å². The lowest BCUT2D eigenvalue weighted by Gasteiger charge is -2.15. The average Bonchev–Trinajstić information content (AvgIpc) is 2.66. The molecule has 0 heterocycles. The molecular formula is C21H28ClNO4. The summed E-state index contributed by atoms with van der Waals surface area (Å²) < 4.78 is 5.67. The lowest BCUT2D eigenvalue weighted by Crippen LogP contribution is -2.32. The van der Waals surface area contributed by atoms with Gasteiger partial charge in [0.2, 0.25) is 0 Å². The summed E-state index contributed by atoms with van der Waals surface area (Å²) in [6.45, 7) is 3.52. The second-order valence-electron chi connectivity index (χ2n) is 6.25. The summed E-state index contributed by atoms with van der Waals surface area (Å²) >= 11 is 0. The third-order valence-electron chi connectivity index (χ3n) is 4.00. The van der Waals surface area contributed by atoms with E-state index in [1.165, 1.54) is 0 Å². The summed E-state index contributed by atoms with van der Waals surface area (Å²) in [6.07, 6.45) is 1.33. The molecule has 1 unspecified atom stereocenters. The van der Waals surface area contributed by atoms with Crippen LogP contribution >= 0.6 is 12.4 Å². The van der Waals surface area contributed by atoms with Crippen molar-refractivity contribution in [2.24, 2.45) is 0 Å². The minimum absolute atomic E-state index is 0. The predicted molar refractivity (Wildman–Crippen MR) is 109 cm³/mol. The Morgan fingerprint density at radius 1 is 1.15 bits per heavy atom. The maximum absolute atomic E-state index is 12.6. The van der Waals surface area contributed by atoms with E-state index in [0.717, 1.165) is 18.5 Å². The molecule has 2 aromatic rings. The van der Waals surface area contributed by atoms with Gasteiger partial charge in [-0.2, -0.15) is 0 Å². The highest BCUT2D eigenvalue weighted by molar-refractivity contribution is 5.98. The van der Waals surface area contributed by atoms with Crippen LogP contribution in [-0.4, -0.2) is 41.8 Å². The van der Waals surface area contributed by atoms with Crippen LogP contribution < -0.4 is 10.1 Å². The van der Waals surface area contributed by atoms with Crippen LogP contribution in [0, 0.1) is 0 Å². The zero-order valence-electron chi connectivity index (χ0n) is 15.6. The number of benzene rings is 2. The van der Waals surface area contributed by atoms with E-state index in [1.807, 2.05) is 18.2 Å². The number of rotatable bonds is 11. The Bertz CT molecular complexity index is 691. The third-order valence-corrected chi connectivity index (χ3v) is 4.00. The molecule has 0 aliphatic rings. The fourth-order valence-electron chi connectivity index (χ4n) is 2.57. The minimum atomic E-state index is -0.623. The number of hydrogen-bond donors (Lipinski definition) is 3. The SMILES string of the molecule is CCCNCC(O)COc1ccccc1C(=O)CCc1ccc(O)cc1.Cl. The maximum Gasteiger partial charge on any atom is 0.166 e. The van der Waals surface area contributed by atoms with Gasteiger partial charge in [0, 0.05) is 13.0 Å². The van der Waals surface area contributed by atoms with Gasteiger partial charge in [-0.05, 0) is 49.2 Å². The van der Waals surface area contributed by atoms with Crippen molar-refractivity contribution in [3.63, 3.8) is 0 Å². The fraction of sp³-hybridized carbons (Fsp3) is 0.381. The van der Waals surface area contributed by atoms with Crippen LogP contribution in [-0.2, 0) is 6.42 Å². The van der Waals surface area contributed by atoms with Crippen LogP contribution in [0.3, 0.4) is 0 Å². The molecule has 2 aromatic carbocycles. The van der Waals surface area contributed by atoms with Crippen molar-refractivity contribution in [1.29, 1.82) is 0 Å². The zero-order valence-corrected chi connectivity index (χ0v) is 16.4. The lowest BCUT2D eigenvalue weighted by molar-refractivity contribution is 0.0950. The van der Waals surface area contributed by atoms with Gasteiger partial charge in [-0.15, -0.1) is 12.4 Å². The Hall–Kier alpha value is -2.08. The molecule has 0 bridgehead atoms. The number of carbonyl (C=O) groups excluding carboxylic acids is 1. The molecule has 5 nitrogen and oxygen atoms in total. The molecule has 3 N–H and O–H groups in total. The van der Waals surface area contributed by atoms with Gasteiger partial charge in [-0.25, -0.2) is 0 Å². The Labute approximate surface area is 166 Å². The lowest BCUT2D eigenvalue weighted by atomic mass is 10.0. The summed E-state index contributed by atoms with van der Waals surface area (Å²) in [5, 5.41) is 22.4. The van der Waals surface area contributed by atoms with E-state index in [-0.39, 0.29) is 30.5 Å². The predicted octanol–water partition coefficient (Wildman–Crippen LogP) is 3.37. The van der Waals surface area contributed by atoms with E-state index in [4.69, 9.17) is 4.74 Å². The molecule has 27 heavy (non-hydrogen) atoms. The highest BCUT2D eigenvalue weighted by atomic mass is 35.5. The van der Waals surface area contributed by atoms with Crippen LogP contribution in [0.4, 0.5) is 0 Å². The molecule has 0 aromatic heterocycles. The number of aliphatic hydroxyl groups is 1. The first kappa shape index (κ1) is 23.0. The van der Waals surface area contributed by atoms with Crippen molar-refractivity contribution >= 4 is 18.2 Å². The van der Waals surface area contributed by atoms with Gasteiger partial charge in [-0.3, -0.25) is 4.79 Å². The van der Waals surface area contributed by atoms with Gasteiger partial charge >= 0.3 is 0 Å². The maximum atomic E-state index is 12.6. The molecule has 0 saturated carbocycles. The van der Waals surface area contributed by atoms with Crippen LogP contribution in [0.15, 0.2) is 48.5 Å². The fourth-order valence-corrected chi connectivity index (χ4v) is 2.57. The number of aryl methyl sites for hydroxylation is 1. The van der Waals surface area contributed by atoms with Gasteiger partial charge in [0.15, 0.2) is 5.78 Å². The molecule has 6 heteroatoms. The number of carbonyl (C=O) groups is 1. The number of Topliss-reactive ketones (excluding diaryl/α,β-unsaturated/α-hetero) is 1. The Morgan fingerprint density at radius 2 is 1.85 bits per heavy atom. The number of halogens is 1. The van der Waals surface area contributed by atoms with Crippen LogP contribution in [0.1, 0.15) is 35.7 Å². The summed E-state index contributed by atoms with van der Waals surface area (Å²) in [4.78, 5) is 12.6. The molecule has 148 valence electrons.